The molecule has 0 bridgehead atoms. The number of aromatic nitrogens is 2. The average molecular weight is 491 g/mol. The lowest BCUT2D eigenvalue weighted by atomic mass is 10.0. The number of nitrogens with two attached hydrogens (primary N) is 1. The molecule has 0 spiro atoms. The smallest absolute Gasteiger partial charge is 0.421 e. The first kappa shape index (κ1) is 25.0. The number of rotatable bonds is 7. The topological polar surface area (TPSA) is 154 Å². The van der Waals surface area contributed by atoms with E-state index < -0.39 is 21.9 Å². The molecule has 3 aromatic rings. The van der Waals surface area contributed by atoms with Gasteiger partial charge in [-0.05, 0) is 38.5 Å². The molecule has 12 heteroatoms. The SMILES string of the molecule is COc1cc2c(-c3ccc(CN(C(C)(C)C)S(=O)(=O)OC(N)=O)cc3)n[nH]c(=O)c2cc1OC. The van der Waals surface area contributed by atoms with E-state index in [2.05, 4.69) is 14.4 Å². The predicted molar refractivity (Wildman–Crippen MR) is 126 cm³/mol. The standard InChI is InChI=1S/C22H26N4O7S/c1-22(2,3)26(34(29,30)33-21(23)28)12-13-6-8-14(9-7-13)19-15-10-17(31-4)18(32-5)11-16(15)20(27)25-24-19/h6-11H,12H2,1-5H3,(H2,23,28)(H,25,27). The van der Waals surface area contributed by atoms with Gasteiger partial charge in [0.05, 0.1) is 25.3 Å². The van der Waals surface area contributed by atoms with Crippen LogP contribution in [0.3, 0.4) is 0 Å². The Morgan fingerprint density at radius 1 is 1.06 bits per heavy atom. The van der Waals surface area contributed by atoms with Gasteiger partial charge in [-0.15, -0.1) is 0 Å². The molecule has 11 nitrogen and oxygen atoms in total. The molecule has 1 aromatic heterocycles. The number of carbonyl (C=O) groups excluding carboxylic acids is 1. The van der Waals surface area contributed by atoms with Crippen molar-refractivity contribution in [1.29, 1.82) is 0 Å². The Morgan fingerprint density at radius 2 is 1.62 bits per heavy atom. The summed E-state index contributed by atoms with van der Waals surface area (Å²) in [6.45, 7) is 4.94. The van der Waals surface area contributed by atoms with E-state index in [1.54, 1.807) is 57.2 Å². The van der Waals surface area contributed by atoms with Crippen LogP contribution in [0.1, 0.15) is 26.3 Å². The Balaban J connectivity index is 2.02. The average Bonchev–Trinajstić information content (AvgIpc) is 2.75. The van der Waals surface area contributed by atoms with Crippen LogP contribution < -0.4 is 20.8 Å². The van der Waals surface area contributed by atoms with Crippen LogP contribution in [0.15, 0.2) is 41.2 Å². The number of hydrogen-bond acceptors (Lipinski definition) is 8. The van der Waals surface area contributed by atoms with Gasteiger partial charge in [-0.25, -0.2) is 9.89 Å². The van der Waals surface area contributed by atoms with Gasteiger partial charge in [0.15, 0.2) is 11.5 Å². The van der Waals surface area contributed by atoms with Gasteiger partial charge in [-0.2, -0.15) is 17.8 Å². The molecule has 0 aliphatic carbocycles. The number of carbonyl (C=O) groups is 1. The highest BCUT2D eigenvalue weighted by molar-refractivity contribution is 7.84. The van der Waals surface area contributed by atoms with Crippen LogP contribution in [0, 0.1) is 0 Å². The number of methoxy groups -OCH3 is 2. The van der Waals surface area contributed by atoms with Gasteiger partial charge in [0, 0.05) is 23.0 Å². The fourth-order valence-corrected chi connectivity index (χ4v) is 4.72. The van der Waals surface area contributed by atoms with Crippen molar-refractivity contribution in [2.45, 2.75) is 32.9 Å². The van der Waals surface area contributed by atoms with E-state index in [9.17, 15) is 18.0 Å². The van der Waals surface area contributed by atoms with Crippen molar-refractivity contribution in [2.24, 2.45) is 5.73 Å². The highest BCUT2D eigenvalue weighted by Crippen LogP contribution is 2.34. The monoisotopic (exact) mass is 490 g/mol. The van der Waals surface area contributed by atoms with Gasteiger partial charge in [0.1, 0.15) is 0 Å². The van der Waals surface area contributed by atoms with Crippen LogP contribution in [0.5, 0.6) is 11.5 Å². The Morgan fingerprint density at radius 3 is 2.12 bits per heavy atom. The third-order valence-corrected chi connectivity index (χ3v) is 6.64. The van der Waals surface area contributed by atoms with Gasteiger partial charge >= 0.3 is 16.4 Å². The summed E-state index contributed by atoms with van der Waals surface area (Å²) in [7, 11) is -1.43. The molecule has 0 fully saturated rings. The first-order valence-electron chi connectivity index (χ1n) is 10.1. The number of primary amides is 1. The second kappa shape index (κ2) is 9.31. The maximum absolute atomic E-state index is 12.5. The van der Waals surface area contributed by atoms with E-state index in [1.165, 1.54) is 14.2 Å². The van der Waals surface area contributed by atoms with Crippen LogP contribution in [-0.2, 0) is 21.0 Å². The maximum Gasteiger partial charge on any atom is 0.421 e. The number of fused-ring (bicyclic) bond motifs is 1. The van der Waals surface area contributed by atoms with Crippen molar-refractivity contribution in [3.8, 4) is 22.8 Å². The molecule has 0 aliphatic rings. The molecule has 3 rings (SSSR count). The predicted octanol–water partition coefficient (Wildman–Crippen LogP) is 2.55. The van der Waals surface area contributed by atoms with Crippen LogP contribution in [0.4, 0.5) is 4.79 Å². The van der Waals surface area contributed by atoms with E-state index in [4.69, 9.17) is 15.2 Å². The third kappa shape index (κ3) is 5.13. The summed E-state index contributed by atoms with van der Waals surface area (Å²) in [6, 6.07) is 10.2. The zero-order chi connectivity index (χ0) is 25.3. The zero-order valence-corrected chi connectivity index (χ0v) is 20.2. The minimum atomic E-state index is -4.41. The van der Waals surface area contributed by atoms with E-state index in [0.717, 1.165) is 4.31 Å². The molecule has 0 aliphatic heterocycles. The number of benzene rings is 2. The first-order valence-corrected chi connectivity index (χ1v) is 11.5. The molecule has 1 amide bonds. The normalized spacial score (nSPS) is 12.1. The highest BCUT2D eigenvalue weighted by Gasteiger charge is 2.35. The van der Waals surface area contributed by atoms with Gasteiger partial charge < -0.3 is 19.4 Å². The summed E-state index contributed by atoms with van der Waals surface area (Å²) in [4.78, 5) is 23.4. The molecule has 3 N–H and O–H groups in total. The Hall–Kier alpha value is -3.64. The van der Waals surface area contributed by atoms with E-state index >= 15 is 0 Å². The van der Waals surface area contributed by atoms with Crippen LogP contribution in [0.2, 0.25) is 0 Å². The second-order valence-corrected chi connectivity index (χ2v) is 9.85. The maximum atomic E-state index is 12.5. The van der Waals surface area contributed by atoms with Crippen molar-refractivity contribution in [3.05, 3.63) is 52.3 Å². The molecule has 0 saturated heterocycles. The van der Waals surface area contributed by atoms with Crippen LogP contribution >= 0.6 is 0 Å². The summed E-state index contributed by atoms with van der Waals surface area (Å²) in [6.07, 6.45) is -1.41. The third-order valence-electron chi connectivity index (χ3n) is 5.05. The summed E-state index contributed by atoms with van der Waals surface area (Å²) in [5, 5.41) is 7.62. The molecule has 0 saturated carbocycles. The second-order valence-electron chi connectivity index (χ2n) is 8.39. The number of nitrogens with zero attached hydrogens (tertiary/aromatic N) is 2. The lowest BCUT2D eigenvalue weighted by Crippen LogP contribution is -2.46. The van der Waals surface area contributed by atoms with Crippen LogP contribution in [0.25, 0.3) is 22.0 Å². The molecule has 34 heavy (non-hydrogen) atoms. The highest BCUT2D eigenvalue weighted by atomic mass is 32.2. The van der Waals surface area contributed by atoms with Crippen molar-refractivity contribution in [3.63, 3.8) is 0 Å². The molecule has 0 atom stereocenters. The lowest BCUT2D eigenvalue weighted by Gasteiger charge is -2.32. The Kier molecular flexibility index (Phi) is 6.84. The van der Waals surface area contributed by atoms with Crippen molar-refractivity contribution in [1.82, 2.24) is 14.5 Å². The molecule has 1 heterocycles. The van der Waals surface area contributed by atoms with Crippen molar-refractivity contribution in [2.75, 3.05) is 14.2 Å². The van der Waals surface area contributed by atoms with Crippen molar-refractivity contribution < 1.29 is 26.9 Å². The number of nitrogens with one attached hydrogen (secondary N) is 1. The Bertz CT molecular complexity index is 1380. The molecular formula is C22H26N4O7S. The van der Waals surface area contributed by atoms with Gasteiger partial charge in [-0.1, -0.05) is 24.3 Å². The van der Waals surface area contributed by atoms with Crippen molar-refractivity contribution >= 4 is 27.2 Å². The number of aromatic amines is 1. The molecule has 0 unspecified atom stereocenters. The fraction of sp³-hybridized carbons (Fsp3) is 0.318. The first-order chi connectivity index (χ1) is 15.9. The fourth-order valence-electron chi connectivity index (χ4n) is 3.44. The summed E-state index contributed by atoms with van der Waals surface area (Å²) < 4.78 is 41.1. The van der Waals surface area contributed by atoms with E-state index in [0.29, 0.717) is 39.1 Å². The van der Waals surface area contributed by atoms with Gasteiger partial charge in [0.25, 0.3) is 5.56 Å². The Labute approximate surface area is 196 Å². The molecule has 182 valence electrons. The molecule has 2 aromatic carbocycles. The minimum Gasteiger partial charge on any atom is -0.493 e. The summed E-state index contributed by atoms with van der Waals surface area (Å²) in [5.41, 5.74) is 5.45. The number of H-pyrrole nitrogens is 1. The lowest BCUT2D eigenvalue weighted by molar-refractivity contribution is 0.185. The summed E-state index contributed by atoms with van der Waals surface area (Å²) >= 11 is 0. The molecule has 0 radical (unpaired) electrons. The number of ether oxygens (including phenoxy) is 2. The number of amides is 1. The van der Waals surface area contributed by atoms with E-state index in [1.807, 2.05) is 0 Å². The van der Waals surface area contributed by atoms with Crippen LogP contribution in [-0.4, -0.2) is 48.8 Å². The molecular weight excluding hydrogens is 464 g/mol. The minimum absolute atomic E-state index is 0.0653. The largest absolute Gasteiger partial charge is 0.493 e. The quantitative estimate of drug-likeness (QED) is 0.512. The van der Waals surface area contributed by atoms with E-state index in [-0.39, 0.29) is 12.1 Å². The van der Waals surface area contributed by atoms with Gasteiger partial charge in [0.2, 0.25) is 0 Å². The van der Waals surface area contributed by atoms with Gasteiger partial charge in [-0.3, -0.25) is 4.79 Å². The zero-order valence-electron chi connectivity index (χ0n) is 19.4. The summed E-state index contributed by atoms with van der Waals surface area (Å²) in [5.74, 6) is 0.857. The number of hydrogen-bond donors (Lipinski definition) is 2.